The van der Waals surface area contributed by atoms with Crippen molar-refractivity contribution in [2.45, 2.75) is 19.4 Å². The monoisotopic (exact) mass is 342 g/mol. The molecule has 2 aliphatic rings. The molecule has 130 valence electrons. The molecule has 1 atom stereocenters. The first-order valence-corrected chi connectivity index (χ1v) is 8.19. The molecule has 0 spiro atoms. The van der Waals surface area contributed by atoms with Gasteiger partial charge in [0.1, 0.15) is 5.76 Å². The maximum atomic E-state index is 12.7. The van der Waals surface area contributed by atoms with Crippen molar-refractivity contribution in [2.24, 2.45) is 0 Å². The zero-order valence-corrected chi connectivity index (χ0v) is 13.8. The predicted molar refractivity (Wildman–Crippen MR) is 88.0 cm³/mol. The van der Waals surface area contributed by atoms with Gasteiger partial charge >= 0.3 is 0 Å². The second-order valence-corrected chi connectivity index (χ2v) is 6.15. The quantitative estimate of drug-likeness (QED) is 0.732. The highest BCUT2D eigenvalue weighted by Crippen LogP contribution is 2.26. The Morgan fingerprint density at radius 2 is 1.84 bits per heavy atom. The second kappa shape index (κ2) is 6.25. The molecule has 9 nitrogen and oxygen atoms in total. The van der Waals surface area contributed by atoms with Crippen LogP contribution in [0.15, 0.2) is 29.0 Å². The van der Waals surface area contributed by atoms with Crippen LogP contribution in [0.25, 0.3) is 0 Å². The fourth-order valence-electron chi connectivity index (χ4n) is 3.29. The van der Waals surface area contributed by atoms with Crippen LogP contribution in [0.2, 0.25) is 0 Å². The van der Waals surface area contributed by atoms with Gasteiger partial charge in [0.15, 0.2) is 5.82 Å². The van der Waals surface area contributed by atoms with E-state index in [2.05, 4.69) is 20.0 Å². The molecule has 25 heavy (non-hydrogen) atoms. The van der Waals surface area contributed by atoms with Gasteiger partial charge in [-0.3, -0.25) is 14.5 Å². The molecular formula is C16H18N6O3. The van der Waals surface area contributed by atoms with Gasteiger partial charge in [-0.1, -0.05) is 5.16 Å². The molecule has 0 aromatic carbocycles. The Bertz CT molecular complexity index is 784. The molecule has 4 heterocycles. The summed E-state index contributed by atoms with van der Waals surface area (Å²) in [7, 11) is 0. The zero-order valence-electron chi connectivity index (χ0n) is 13.8. The minimum atomic E-state index is -0.441. The van der Waals surface area contributed by atoms with Gasteiger partial charge in [-0.15, -0.1) is 0 Å². The van der Waals surface area contributed by atoms with E-state index in [4.69, 9.17) is 4.52 Å². The van der Waals surface area contributed by atoms with Crippen LogP contribution < -0.4 is 9.80 Å². The van der Waals surface area contributed by atoms with E-state index in [1.54, 1.807) is 31.5 Å². The highest BCUT2D eigenvalue weighted by molar-refractivity contribution is 6.21. The Balaban J connectivity index is 1.43. The van der Waals surface area contributed by atoms with Crippen molar-refractivity contribution in [2.75, 3.05) is 36.0 Å². The van der Waals surface area contributed by atoms with Crippen LogP contribution in [0.4, 0.5) is 11.8 Å². The Morgan fingerprint density at radius 1 is 1.12 bits per heavy atom. The van der Waals surface area contributed by atoms with E-state index in [1.807, 2.05) is 4.90 Å². The summed E-state index contributed by atoms with van der Waals surface area (Å²) in [6, 6.07) is 2.94. The number of carbonyl (C=O) groups excluding carboxylic acids is 2. The minimum absolute atomic E-state index is 0.173. The van der Waals surface area contributed by atoms with Crippen LogP contribution in [0.3, 0.4) is 0 Å². The maximum Gasteiger partial charge on any atom is 0.252 e. The summed E-state index contributed by atoms with van der Waals surface area (Å²) in [6.45, 7) is 4.50. The number of hydrogen-bond acceptors (Lipinski definition) is 8. The maximum absolute atomic E-state index is 12.7. The van der Waals surface area contributed by atoms with E-state index >= 15 is 0 Å². The van der Waals surface area contributed by atoms with E-state index in [0.717, 1.165) is 4.90 Å². The molecule has 0 radical (unpaired) electrons. The molecule has 0 bridgehead atoms. The fourth-order valence-corrected chi connectivity index (χ4v) is 3.29. The van der Waals surface area contributed by atoms with Gasteiger partial charge in [-0.05, 0) is 13.0 Å². The average molecular weight is 342 g/mol. The number of imide groups is 1. The molecule has 4 rings (SSSR count). The van der Waals surface area contributed by atoms with E-state index < -0.39 is 6.04 Å². The van der Waals surface area contributed by atoms with Crippen LogP contribution in [-0.4, -0.2) is 64.1 Å². The summed E-state index contributed by atoms with van der Waals surface area (Å²) in [5.74, 6) is 1.05. The van der Waals surface area contributed by atoms with E-state index in [-0.39, 0.29) is 24.1 Å². The Morgan fingerprint density at radius 3 is 2.48 bits per heavy atom. The second-order valence-electron chi connectivity index (χ2n) is 6.15. The van der Waals surface area contributed by atoms with Crippen LogP contribution in [0.5, 0.6) is 0 Å². The third-order valence-electron chi connectivity index (χ3n) is 4.56. The van der Waals surface area contributed by atoms with Crippen molar-refractivity contribution in [3.8, 4) is 0 Å². The lowest BCUT2D eigenvalue weighted by atomic mass is 10.2. The number of amides is 2. The molecule has 2 aromatic heterocycles. The molecule has 2 aliphatic heterocycles. The number of carbonyl (C=O) groups is 2. The van der Waals surface area contributed by atoms with Crippen LogP contribution in [0, 0.1) is 6.92 Å². The molecule has 0 aliphatic carbocycles. The summed E-state index contributed by atoms with van der Waals surface area (Å²) in [5, 5.41) is 3.80. The molecule has 0 unspecified atom stereocenters. The van der Waals surface area contributed by atoms with Crippen molar-refractivity contribution >= 4 is 23.6 Å². The van der Waals surface area contributed by atoms with Crippen LogP contribution in [-0.2, 0) is 9.59 Å². The highest BCUT2D eigenvalue weighted by Gasteiger charge is 2.44. The van der Waals surface area contributed by atoms with Crippen molar-refractivity contribution in [3.63, 3.8) is 0 Å². The molecule has 2 saturated heterocycles. The first-order valence-electron chi connectivity index (χ1n) is 8.19. The third-order valence-corrected chi connectivity index (χ3v) is 4.56. The number of rotatable bonds is 3. The molecule has 0 N–H and O–H groups in total. The molecule has 2 amide bonds. The van der Waals surface area contributed by atoms with Crippen molar-refractivity contribution in [1.29, 1.82) is 0 Å². The number of hydrogen-bond donors (Lipinski definition) is 0. The largest absolute Gasteiger partial charge is 0.360 e. The van der Waals surface area contributed by atoms with Crippen LogP contribution >= 0.6 is 0 Å². The van der Waals surface area contributed by atoms with Gasteiger partial charge in [0.2, 0.25) is 11.9 Å². The SMILES string of the molecule is Cc1cc(N2C(=O)C[C@@H](N3CCN(c4ncccn4)CC3)C2=O)no1. The molecule has 2 fully saturated rings. The fraction of sp³-hybridized carbons (Fsp3) is 0.438. The lowest BCUT2D eigenvalue weighted by molar-refractivity contribution is -0.123. The first-order chi connectivity index (χ1) is 12.1. The summed E-state index contributed by atoms with van der Waals surface area (Å²) in [4.78, 5) is 38.8. The summed E-state index contributed by atoms with van der Waals surface area (Å²) >= 11 is 0. The van der Waals surface area contributed by atoms with Gasteiger partial charge in [-0.25, -0.2) is 14.9 Å². The number of piperazine rings is 1. The van der Waals surface area contributed by atoms with Crippen molar-refractivity contribution in [1.82, 2.24) is 20.0 Å². The average Bonchev–Trinajstić information content (AvgIpc) is 3.18. The smallest absolute Gasteiger partial charge is 0.252 e. The zero-order chi connectivity index (χ0) is 17.4. The van der Waals surface area contributed by atoms with Crippen molar-refractivity contribution < 1.29 is 14.1 Å². The number of aryl methyl sites for hydroxylation is 1. The molecule has 2 aromatic rings. The van der Waals surface area contributed by atoms with Gasteiger partial charge < -0.3 is 9.42 Å². The van der Waals surface area contributed by atoms with E-state index in [1.165, 1.54) is 0 Å². The Labute approximate surface area is 144 Å². The van der Waals surface area contributed by atoms with Crippen LogP contribution in [0.1, 0.15) is 12.2 Å². The van der Waals surface area contributed by atoms with E-state index in [9.17, 15) is 9.59 Å². The standard InChI is InChI=1S/C16H18N6O3/c1-11-9-13(19-25-11)22-14(23)10-12(15(22)24)20-5-7-21(8-6-20)16-17-3-2-4-18-16/h2-4,9,12H,5-8,10H2,1H3/t12-/m1/s1. The first kappa shape index (κ1) is 15.7. The van der Waals surface area contributed by atoms with Gasteiger partial charge in [0.05, 0.1) is 12.5 Å². The normalized spacial score (nSPS) is 22.0. The van der Waals surface area contributed by atoms with Gasteiger partial charge in [0.25, 0.3) is 5.91 Å². The van der Waals surface area contributed by atoms with Crippen molar-refractivity contribution in [3.05, 3.63) is 30.3 Å². The minimum Gasteiger partial charge on any atom is -0.360 e. The van der Waals surface area contributed by atoms with Gasteiger partial charge in [-0.2, -0.15) is 0 Å². The summed E-state index contributed by atoms with van der Waals surface area (Å²) in [6.07, 6.45) is 3.60. The third kappa shape index (κ3) is 2.86. The lowest BCUT2D eigenvalue weighted by Gasteiger charge is -2.36. The van der Waals surface area contributed by atoms with Gasteiger partial charge in [0, 0.05) is 44.6 Å². The Kier molecular flexibility index (Phi) is 3.92. The number of nitrogens with zero attached hydrogens (tertiary/aromatic N) is 6. The molecular weight excluding hydrogens is 324 g/mol. The topological polar surface area (TPSA) is 95.7 Å². The molecule has 9 heteroatoms. The number of aromatic nitrogens is 3. The Hall–Kier alpha value is -2.81. The highest BCUT2D eigenvalue weighted by atomic mass is 16.5. The summed E-state index contributed by atoms with van der Waals surface area (Å²) < 4.78 is 4.99. The molecule has 0 saturated carbocycles. The lowest BCUT2D eigenvalue weighted by Crippen LogP contribution is -2.53. The summed E-state index contributed by atoms with van der Waals surface area (Å²) in [5.41, 5.74) is 0. The number of anilines is 2. The predicted octanol–water partition coefficient (Wildman–Crippen LogP) is 0.227. The van der Waals surface area contributed by atoms with E-state index in [0.29, 0.717) is 37.9 Å².